The molecule has 2 nitrogen and oxygen atoms in total. The first-order valence-electron chi connectivity index (χ1n) is 7.54. The van der Waals surface area contributed by atoms with E-state index in [0.29, 0.717) is 5.41 Å². The molecule has 0 saturated heterocycles. The van der Waals surface area contributed by atoms with Gasteiger partial charge in [0.1, 0.15) is 0 Å². The van der Waals surface area contributed by atoms with E-state index < -0.39 is 0 Å². The van der Waals surface area contributed by atoms with Gasteiger partial charge in [-0.2, -0.15) is 0 Å². The summed E-state index contributed by atoms with van der Waals surface area (Å²) in [6, 6.07) is 0. The number of unbranched alkanes of at least 4 members (excludes halogenated alkanes) is 1. The smallest absolute Gasteiger partial charge is 0.0102 e. The molecule has 2 heteroatoms. The Hall–Kier alpha value is -0.0800. The van der Waals surface area contributed by atoms with E-state index in [9.17, 15) is 0 Å². The summed E-state index contributed by atoms with van der Waals surface area (Å²) in [4.78, 5) is 0. The predicted molar refractivity (Wildman–Crippen MR) is 84.7 cm³/mol. The summed E-state index contributed by atoms with van der Waals surface area (Å²) in [6.45, 7) is 16.1. The molecular weight excluding hydrogens is 220 g/mol. The summed E-state index contributed by atoms with van der Waals surface area (Å²) in [6.07, 6.45) is 6.28. The van der Waals surface area contributed by atoms with Gasteiger partial charge in [-0.25, -0.2) is 0 Å². The standard InChI is InChI=1S/2C8H19N/c1-7(2,3)6-8(4,5)9;1-3-5-6-8(4-2)7-9/h6,9H2,1-5H3;8H,3-7,9H2,1-2H3. The monoisotopic (exact) mass is 258 g/mol. The number of hydrogen-bond acceptors (Lipinski definition) is 2. The predicted octanol–water partition coefficient (Wildman–Crippen LogP) is 4.32. The molecular formula is C16H38N2. The maximum atomic E-state index is 5.82. The zero-order valence-corrected chi connectivity index (χ0v) is 14.0. The first kappa shape index (κ1) is 20.2. The molecule has 0 aliphatic rings. The van der Waals surface area contributed by atoms with Gasteiger partial charge in [-0.1, -0.05) is 53.9 Å². The van der Waals surface area contributed by atoms with Crippen LogP contribution in [0.2, 0.25) is 0 Å². The molecule has 0 amide bonds. The first-order chi connectivity index (χ1) is 8.05. The Morgan fingerprint density at radius 3 is 1.67 bits per heavy atom. The Labute approximate surface area is 116 Å². The van der Waals surface area contributed by atoms with Crippen LogP contribution in [0.5, 0.6) is 0 Å². The third kappa shape index (κ3) is 18.3. The minimum absolute atomic E-state index is 0.0156. The summed E-state index contributed by atoms with van der Waals surface area (Å²) < 4.78 is 0. The van der Waals surface area contributed by atoms with E-state index in [2.05, 4.69) is 48.5 Å². The van der Waals surface area contributed by atoms with Crippen LogP contribution in [-0.2, 0) is 0 Å². The van der Waals surface area contributed by atoms with Crippen molar-refractivity contribution in [2.24, 2.45) is 22.8 Å². The van der Waals surface area contributed by atoms with Crippen LogP contribution >= 0.6 is 0 Å². The fraction of sp³-hybridized carbons (Fsp3) is 1.00. The third-order valence-corrected chi connectivity index (χ3v) is 2.86. The normalized spacial score (nSPS) is 13.8. The summed E-state index contributed by atoms with van der Waals surface area (Å²) >= 11 is 0. The Bertz CT molecular complexity index is 159. The number of hydrogen-bond donors (Lipinski definition) is 2. The average molecular weight is 258 g/mol. The summed E-state index contributed by atoms with van der Waals surface area (Å²) in [7, 11) is 0. The van der Waals surface area contributed by atoms with Gasteiger partial charge < -0.3 is 11.5 Å². The highest BCUT2D eigenvalue weighted by molar-refractivity contribution is 4.78. The van der Waals surface area contributed by atoms with Crippen molar-refractivity contribution in [3.05, 3.63) is 0 Å². The molecule has 0 spiro atoms. The van der Waals surface area contributed by atoms with Gasteiger partial charge in [0.15, 0.2) is 0 Å². The van der Waals surface area contributed by atoms with E-state index in [1.54, 1.807) is 0 Å². The molecule has 0 fully saturated rings. The van der Waals surface area contributed by atoms with Gasteiger partial charge >= 0.3 is 0 Å². The topological polar surface area (TPSA) is 52.0 Å². The molecule has 0 aromatic carbocycles. The van der Waals surface area contributed by atoms with Gasteiger partial charge in [0.05, 0.1) is 0 Å². The summed E-state index contributed by atoms with van der Waals surface area (Å²) in [5.41, 5.74) is 11.7. The lowest BCUT2D eigenvalue weighted by atomic mass is 9.82. The Kier molecular flexibility index (Phi) is 11.0. The van der Waals surface area contributed by atoms with Crippen molar-refractivity contribution >= 4 is 0 Å². The fourth-order valence-corrected chi connectivity index (χ4v) is 2.35. The van der Waals surface area contributed by atoms with Crippen LogP contribution in [0.15, 0.2) is 0 Å². The maximum absolute atomic E-state index is 5.82. The lowest BCUT2D eigenvalue weighted by Gasteiger charge is -2.28. The molecule has 0 radical (unpaired) electrons. The molecule has 0 aromatic rings. The van der Waals surface area contributed by atoms with Crippen LogP contribution < -0.4 is 11.5 Å². The van der Waals surface area contributed by atoms with E-state index in [4.69, 9.17) is 11.5 Å². The summed E-state index contributed by atoms with van der Waals surface area (Å²) in [5, 5.41) is 0. The van der Waals surface area contributed by atoms with E-state index >= 15 is 0 Å². The molecule has 0 saturated carbocycles. The highest BCUT2D eigenvalue weighted by atomic mass is 14.7. The second kappa shape index (κ2) is 9.80. The van der Waals surface area contributed by atoms with Gasteiger partial charge in [0.25, 0.3) is 0 Å². The number of rotatable bonds is 6. The van der Waals surface area contributed by atoms with Crippen molar-refractivity contribution in [3.8, 4) is 0 Å². The van der Waals surface area contributed by atoms with Crippen LogP contribution in [0.25, 0.3) is 0 Å². The molecule has 112 valence electrons. The van der Waals surface area contributed by atoms with Crippen LogP contribution in [0.1, 0.15) is 80.6 Å². The van der Waals surface area contributed by atoms with Gasteiger partial charge in [0, 0.05) is 5.54 Å². The number of nitrogens with two attached hydrogens (primary N) is 2. The minimum atomic E-state index is -0.0156. The molecule has 0 heterocycles. The average Bonchev–Trinajstić information content (AvgIpc) is 2.15. The highest BCUT2D eigenvalue weighted by Gasteiger charge is 2.20. The SMILES string of the molecule is CC(C)(C)CC(C)(C)N.CCCCC(CC)CN. The van der Waals surface area contributed by atoms with Crippen LogP contribution in [0, 0.1) is 11.3 Å². The van der Waals surface area contributed by atoms with Crippen molar-refractivity contribution in [2.75, 3.05) is 6.54 Å². The molecule has 0 aliphatic heterocycles. The maximum Gasteiger partial charge on any atom is 0.0102 e. The fourth-order valence-electron chi connectivity index (χ4n) is 2.35. The van der Waals surface area contributed by atoms with Crippen molar-refractivity contribution < 1.29 is 0 Å². The minimum Gasteiger partial charge on any atom is -0.330 e. The lowest BCUT2D eigenvalue weighted by molar-refractivity contribution is 0.286. The van der Waals surface area contributed by atoms with E-state index in [1.807, 2.05) is 0 Å². The van der Waals surface area contributed by atoms with Gasteiger partial charge in [-0.3, -0.25) is 0 Å². The van der Waals surface area contributed by atoms with Crippen molar-refractivity contribution in [1.82, 2.24) is 0 Å². The van der Waals surface area contributed by atoms with Crippen LogP contribution in [-0.4, -0.2) is 12.1 Å². The quantitative estimate of drug-likeness (QED) is 0.745. The second-order valence-corrected chi connectivity index (χ2v) is 7.38. The molecule has 0 rings (SSSR count). The van der Waals surface area contributed by atoms with Gasteiger partial charge in [-0.15, -0.1) is 0 Å². The van der Waals surface area contributed by atoms with Crippen LogP contribution in [0.4, 0.5) is 0 Å². The van der Waals surface area contributed by atoms with Crippen molar-refractivity contribution in [1.29, 1.82) is 0 Å². The van der Waals surface area contributed by atoms with Gasteiger partial charge in [0.2, 0.25) is 0 Å². The molecule has 1 atom stereocenters. The first-order valence-corrected chi connectivity index (χ1v) is 7.54. The molecule has 0 aromatic heterocycles. The third-order valence-electron chi connectivity index (χ3n) is 2.86. The molecule has 0 bridgehead atoms. The summed E-state index contributed by atoms with van der Waals surface area (Å²) in [5.74, 6) is 0.782. The molecule has 0 aliphatic carbocycles. The van der Waals surface area contributed by atoms with Gasteiger partial charge in [-0.05, 0) is 44.6 Å². The lowest BCUT2D eigenvalue weighted by Crippen LogP contribution is -2.36. The zero-order valence-electron chi connectivity index (χ0n) is 14.0. The Morgan fingerprint density at radius 2 is 1.50 bits per heavy atom. The molecule has 4 N–H and O–H groups in total. The molecule has 1 unspecified atom stereocenters. The highest BCUT2D eigenvalue weighted by Crippen LogP contribution is 2.24. The van der Waals surface area contributed by atoms with Crippen molar-refractivity contribution in [2.45, 2.75) is 86.1 Å². The largest absolute Gasteiger partial charge is 0.330 e. The van der Waals surface area contributed by atoms with Crippen LogP contribution in [0.3, 0.4) is 0 Å². The van der Waals surface area contributed by atoms with E-state index in [0.717, 1.165) is 18.9 Å². The zero-order chi connectivity index (χ0) is 14.8. The Morgan fingerprint density at radius 1 is 1.00 bits per heavy atom. The Balaban J connectivity index is 0. The van der Waals surface area contributed by atoms with Crippen molar-refractivity contribution in [3.63, 3.8) is 0 Å². The second-order valence-electron chi connectivity index (χ2n) is 7.38. The van der Waals surface area contributed by atoms with E-state index in [-0.39, 0.29) is 5.54 Å². The van der Waals surface area contributed by atoms with E-state index in [1.165, 1.54) is 25.7 Å². The molecule has 18 heavy (non-hydrogen) atoms.